The van der Waals surface area contributed by atoms with Gasteiger partial charge < -0.3 is 20.2 Å². The fraction of sp³-hybridized carbons (Fsp3) is 0.583. The van der Waals surface area contributed by atoms with Crippen LogP contribution in [0.15, 0.2) is 6.07 Å². The number of pyridine rings is 1. The van der Waals surface area contributed by atoms with E-state index in [0.717, 1.165) is 0 Å². The molecule has 112 valence electrons. The van der Waals surface area contributed by atoms with Gasteiger partial charge in [-0.05, 0) is 0 Å². The predicted octanol–water partition coefficient (Wildman–Crippen LogP) is 0.623. The van der Waals surface area contributed by atoms with Gasteiger partial charge in [0, 0.05) is 45.7 Å². The SMILES string of the molecule is CN(CC1(O)CCOCC1)c1nc(NN)c(F)cc1F. The van der Waals surface area contributed by atoms with Crippen LogP contribution in [0.1, 0.15) is 12.8 Å². The highest BCUT2D eigenvalue weighted by Crippen LogP contribution is 2.26. The number of aromatic nitrogens is 1. The fourth-order valence-corrected chi connectivity index (χ4v) is 2.25. The molecule has 2 rings (SSSR count). The summed E-state index contributed by atoms with van der Waals surface area (Å²) in [4.78, 5) is 5.23. The number of anilines is 2. The van der Waals surface area contributed by atoms with Crippen LogP contribution in [-0.2, 0) is 4.74 Å². The third-order valence-corrected chi connectivity index (χ3v) is 3.36. The summed E-state index contributed by atoms with van der Waals surface area (Å²) in [5.74, 6) is 3.13. The molecule has 6 nitrogen and oxygen atoms in total. The molecule has 0 bridgehead atoms. The van der Waals surface area contributed by atoms with E-state index in [2.05, 4.69) is 10.4 Å². The second-order valence-electron chi connectivity index (χ2n) is 4.96. The van der Waals surface area contributed by atoms with Gasteiger partial charge in [-0.2, -0.15) is 0 Å². The molecule has 0 saturated carbocycles. The van der Waals surface area contributed by atoms with Crippen molar-refractivity contribution >= 4 is 11.6 Å². The molecule has 0 spiro atoms. The van der Waals surface area contributed by atoms with E-state index in [4.69, 9.17) is 10.6 Å². The third kappa shape index (κ3) is 3.14. The maximum Gasteiger partial charge on any atom is 0.178 e. The Balaban J connectivity index is 2.18. The van der Waals surface area contributed by atoms with Crippen LogP contribution in [0.2, 0.25) is 0 Å². The average molecular weight is 288 g/mol. The van der Waals surface area contributed by atoms with E-state index >= 15 is 0 Å². The molecule has 1 saturated heterocycles. The molecule has 1 aromatic rings. The first-order valence-corrected chi connectivity index (χ1v) is 6.29. The molecular weight excluding hydrogens is 270 g/mol. The van der Waals surface area contributed by atoms with Crippen LogP contribution in [0, 0.1) is 11.6 Å². The number of halogens is 2. The van der Waals surface area contributed by atoms with Gasteiger partial charge in [0.05, 0.1) is 5.60 Å². The number of nitrogen functional groups attached to an aromatic ring is 1. The zero-order valence-electron chi connectivity index (χ0n) is 11.2. The maximum atomic E-state index is 13.8. The molecule has 0 unspecified atom stereocenters. The van der Waals surface area contributed by atoms with Crippen molar-refractivity contribution in [1.82, 2.24) is 4.98 Å². The number of hydrazine groups is 1. The number of nitrogens with zero attached hydrogens (tertiary/aromatic N) is 2. The quantitative estimate of drug-likeness (QED) is 0.556. The van der Waals surface area contributed by atoms with Crippen LogP contribution in [0.5, 0.6) is 0 Å². The molecule has 1 aliphatic heterocycles. The molecule has 0 aromatic carbocycles. The zero-order valence-corrected chi connectivity index (χ0v) is 11.2. The number of hydrogen-bond acceptors (Lipinski definition) is 6. The van der Waals surface area contributed by atoms with Crippen molar-refractivity contribution in [2.45, 2.75) is 18.4 Å². The van der Waals surface area contributed by atoms with Gasteiger partial charge in [0.2, 0.25) is 0 Å². The van der Waals surface area contributed by atoms with Crippen molar-refractivity contribution in [2.24, 2.45) is 5.84 Å². The minimum absolute atomic E-state index is 0.0701. The molecule has 0 aliphatic carbocycles. The minimum atomic E-state index is -0.966. The van der Waals surface area contributed by atoms with Crippen molar-refractivity contribution in [2.75, 3.05) is 37.1 Å². The van der Waals surface area contributed by atoms with Gasteiger partial charge in [0.1, 0.15) is 0 Å². The number of ether oxygens (including phenoxy) is 1. The lowest BCUT2D eigenvalue weighted by Crippen LogP contribution is -2.46. The van der Waals surface area contributed by atoms with E-state index in [9.17, 15) is 13.9 Å². The predicted molar refractivity (Wildman–Crippen MR) is 70.2 cm³/mol. The Morgan fingerprint density at radius 3 is 2.70 bits per heavy atom. The van der Waals surface area contributed by atoms with Crippen molar-refractivity contribution in [3.05, 3.63) is 17.7 Å². The number of hydrogen-bond donors (Lipinski definition) is 3. The smallest absolute Gasteiger partial charge is 0.178 e. The molecule has 0 radical (unpaired) electrons. The Kier molecular flexibility index (Phi) is 4.36. The lowest BCUT2D eigenvalue weighted by atomic mass is 9.94. The van der Waals surface area contributed by atoms with Crippen molar-refractivity contribution in [1.29, 1.82) is 0 Å². The number of nitrogens with one attached hydrogen (secondary N) is 1. The topological polar surface area (TPSA) is 83.6 Å². The van der Waals surface area contributed by atoms with Crippen LogP contribution < -0.4 is 16.2 Å². The summed E-state index contributed by atoms with van der Waals surface area (Å²) in [5, 5.41) is 10.4. The average Bonchev–Trinajstić information content (AvgIpc) is 2.39. The van der Waals surface area contributed by atoms with Crippen LogP contribution in [0.25, 0.3) is 0 Å². The summed E-state index contributed by atoms with van der Waals surface area (Å²) in [6.07, 6.45) is 0.921. The van der Waals surface area contributed by atoms with E-state index in [1.54, 1.807) is 7.05 Å². The summed E-state index contributed by atoms with van der Waals surface area (Å²) in [6, 6.07) is 0.710. The minimum Gasteiger partial charge on any atom is -0.388 e. The fourth-order valence-electron chi connectivity index (χ4n) is 2.25. The third-order valence-electron chi connectivity index (χ3n) is 3.36. The summed E-state index contributed by atoms with van der Waals surface area (Å²) in [7, 11) is 1.58. The second kappa shape index (κ2) is 5.86. The summed E-state index contributed by atoms with van der Waals surface area (Å²) in [6.45, 7) is 1.09. The Morgan fingerprint density at radius 1 is 1.45 bits per heavy atom. The standard InChI is InChI=1S/C12H18F2N4O2/c1-18(7-12(19)2-4-20-5-3-12)11-9(14)6-8(13)10(16-11)17-15/h6,19H,2-5,7,15H2,1H3,(H,16,17). The zero-order chi connectivity index (χ0) is 14.8. The molecule has 2 heterocycles. The largest absolute Gasteiger partial charge is 0.388 e. The van der Waals surface area contributed by atoms with Crippen LogP contribution in [0.3, 0.4) is 0 Å². The Labute approximate surface area is 115 Å². The van der Waals surface area contributed by atoms with Gasteiger partial charge in [-0.25, -0.2) is 19.6 Å². The maximum absolute atomic E-state index is 13.8. The molecule has 8 heteroatoms. The second-order valence-corrected chi connectivity index (χ2v) is 4.96. The number of nitrogens with two attached hydrogens (primary N) is 1. The van der Waals surface area contributed by atoms with Gasteiger partial charge in [0.15, 0.2) is 23.3 Å². The first kappa shape index (κ1) is 14.9. The van der Waals surface area contributed by atoms with E-state index in [0.29, 0.717) is 32.1 Å². The van der Waals surface area contributed by atoms with Gasteiger partial charge in [-0.3, -0.25) is 0 Å². The van der Waals surface area contributed by atoms with Gasteiger partial charge >= 0.3 is 0 Å². The molecule has 1 fully saturated rings. The number of rotatable bonds is 4. The molecule has 4 N–H and O–H groups in total. The Hall–Kier alpha value is -1.51. The lowest BCUT2D eigenvalue weighted by Gasteiger charge is -2.35. The first-order valence-electron chi connectivity index (χ1n) is 6.29. The summed E-state index contributed by atoms with van der Waals surface area (Å²) >= 11 is 0. The first-order chi connectivity index (χ1) is 9.45. The molecule has 0 atom stereocenters. The van der Waals surface area contributed by atoms with Crippen LogP contribution >= 0.6 is 0 Å². The number of likely N-dealkylation sites (N-methyl/N-ethyl adjacent to an activating group) is 1. The normalized spacial score (nSPS) is 17.9. The Morgan fingerprint density at radius 2 is 2.10 bits per heavy atom. The van der Waals surface area contributed by atoms with Crippen LogP contribution in [0.4, 0.5) is 20.4 Å². The molecular formula is C12H18F2N4O2. The lowest BCUT2D eigenvalue weighted by molar-refractivity contribution is -0.0573. The van der Waals surface area contributed by atoms with Gasteiger partial charge in [-0.15, -0.1) is 0 Å². The van der Waals surface area contributed by atoms with E-state index < -0.39 is 17.2 Å². The molecule has 1 aromatic heterocycles. The van der Waals surface area contributed by atoms with Gasteiger partial charge in [0.25, 0.3) is 0 Å². The summed E-state index contributed by atoms with van der Waals surface area (Å²) in [5.41, 5.74) is 1.10. The van der Waals surface area contributed by atoms with Gasteiger partial charge in [-0.1, -0.05) is 0 Å². The summed E-state index contributed by atoms with van der Waals surface area (Å²) < 4.78 is 32.3. The highest BCUT2D eigenvalue weighted by Gasteiger charge is 2.32. The molecule has 1 aliphatic rings. The monoisotopic (exact) mass is 288 g/mol. The Bertz CT molecular complexity index is 481. The van der Waals surface area contributed by atoms with Crippen molar-refractivity contribution in [3.63, 3.8) is 0 Å². The van der Waals surface area contributed by atoms with E-state index in [1.807, 2.05) is 0 Å². The van der Waals surface area contributed by atoms with Crippen molar-refractivity contribution < 1.29 is 18.6 Å². The highest BCUT2D eigenvalue weighted by molar-refractivity contribution is 5.48. The highest BCUT2D eigenvalue weighted by atomic mass is 19.1. The van der Waals surface area contributed by atoms with Crippen LogP contribution in [-0.4, -0.2) is 42.5 Å². The van der Waals surface area contributed by atoms with E-state index in [1.165, 1.54) is 4.90 Å². The van der Waals surface area contributed by atoms with E-state index in [-0.39, 0.29) is 18.2 Å². The number of aliphatic hydroxyl groups is 1. The molecule has 20 heavy (non-hydrogen) atoms. The van der Waals surface area contributed by atoms with Crippen molar-refractivity contribution in [3.8, 4) is 0 Å². The molecule has 0 amide bonds.